The fraction of sp³-hybridized carbons (Fsp3) is 0.263. The van der Waals surface area contributed by atoms with Crippen LogP contribution in [0.4, 0.5) is 5.69 Å². The van der Waals surface area contributed by atoms with Gasteiger partial charge in [0.2, 0.25) is 5.91 Å². The van der Waals surface area contributed by atoms with E-state index in [2.05, 4.69) is 5.32 Å². The predicted molar refractivity (Wildman–Crippen MR) is 95.2 cm³/mol. The van der Waals surface area contributed by atoms with Gasteiger partial charge in [-0.2, -0.15) is 0 Å². The molecule has 1 fully saturated rings. The Morgan fingerprint density at radius 3 is 2.38 bits per heavy atom. The van der Waals surface area contributed by atoms with Crippen LogP contribution in [0.25, 0.3) is 0 Å². The molecule has 1 N–H and O–H groups in total. The van der Waals surface area contributed by atoms with E-state index in [1.165, 1.54) is 0 Å². The summed E-state index contributed by atoms with van der Waals surface area (Å²) in [5.41, 5.74) is 1.40. The van der Waals surface area contributed by atoms with Crippen LogP contribution < -0.4 is 5.32 Å². The van der Waals surface area contributed by atoms with Crippen molar-refractivity contribution in [1.82, 2.24) is 4.90 Å². The van der Waals surface area contributed by atoms with Crippen LogP contribution in [0.3, 0.4) is 0 Å². The Labute approximate surface area is 146 Å². The fourth-order valence-corrected chi connectivity index (χ4v) is 3.11. The van der Waals surface area contributed by atoms with Gasteiger partial charge in [-0.1, -0.05) is 35.9 Å². The standard InChI is InChI=1S/C19H19ClN2O2/c20-16-7-4-8-17(13-16)21-18(23)14-9-11-22(12-10-14)19(24)15-5-2-1-3-6-15/h1-8,13-14H,9-12H2,(H,21,23). The summed E-state index contributed by atoms with van der Waals surface area (Å²) in [6.45, 7) is 1.20. The minimum atomic E-state index is -0.0798. The smallest absolute Gasteiger partial charge is 0.253 e. The highest BCUT2D eigenvalue weighted by molar-refractivity contribution is 6.30. The predicted octanol–water partition coefficient (Wildman–Crippen LogP) is 3.83. The van der Waals surface area contributed by atoms with E-state index in [0.29, 0.717) is 42.2 Å². The molecular weight excluding hydrogens is 324 g/mol. The second-order valence-electron chi connectivity index (χ2n) is 5.93. The number of nitrogens with zero attached hydrogens (tertiary/aromatic N) is 1. The normalized spacial score (nSPS) is 15.1. The zero-order chi connectivity index (χ0) is 16.9. The van der Waals surface area contributed by atoms with Crippen molar-refractivity contribution in [2.75, 3.05) is 18.4 Å². The Kier molecular flexibility index (Phi) is 5.16. The van der Waals surface area contributed by atoms with Crippen molar-refractivity contribution in [1.29, 1.82) is 0 Å². The van der Waals surface area contributed by atoms with Crippen molar-refractivity contribution < 1.29 is 9.59 Å². The number of rotatable bonds is 3. The quantitative estimate of drug-likeness (QED) is 0.921. The number of halogens is 1. The number of benzene rings is 2. The number of anilines is 1. The first-order valence-electron chi connectivity index (χ1n) is 8.04. The first-order valence-corrected chi connectivity index (χ1v) is 8.42. The summed E-state index contributed by atoms with van der Waals surface area (Å²) in [7, 11) is 0. The van der Waals surface area contributed by atoms with Crippen LogP contribution in [0.1, 0.15) is 23.2 Å². The summed E-state index contributed by atoms with van der Waals surface area (Å²) in [5, 5.41) is 3.49. The molecule has 1 heterocycles. The second kappa shape index (κ2) is 7.49. The van der Waals surface area contributed by atoms with Gasteiger partial charge in [-0.15, -0.1) is 0 Å². The van der Waals surface area contributed by atoms with E-state index in [9.17, 15) is 9.59 Å². The van der Waals surface area contributed by atoms with Gasteiger partial charge in [-0.3, -0.25) is 9.59 Å². The van der Waals surface area contributed by atoms with Crippen molar-refractivity contribution >= 4 is 29.1 Å². The molecule has 124 valence electrons. The first-order chi connectivity index (χ1) is 11.6. The van der Waals surface area contributed by atoms with Gasteiger partial charge in [-0.25, -0.2) is 0 Å². The van der Waals surface area contributed by atoms with Gasteiger partial charge in [0.25, 0.3) is 5.91 Å². The van der Waals surface area contributed by atoms with Crippen LogP contribution in [0.5, 0.6) is 0 Å². The zero-order valence-electron chi connectivity index (χ0n) is 13.2. The van der Waals surface area contributed by atoms with E-state index >= 15 is 0 Å². The molecule has 0 saturated carbocycles. The molecular formula is C19H19ClN2O2. The maximum absolute atomic E-state index is 12.4. The van der Waals surface area contributed by atoms with Crippen LogP contribution in [0, 0.1) is 5.92 Å². The van der Waals surface area contributed by atoms with Gasteiger partial charge < -0.3 is 10.2 Å². The molecule has 3 rings (SSSR count). The molecule has 0 spiro atoms. The molecule has 0 bridgehead atoms. The molecule has 0 radical (unpaired) electrons. The van der Waals surface area contributed by atoms with Gasteiger partial charge in [0.15, 0.2) is 0 Å². The van der Waals surface area contributed by atoms with Crippen molar-refractivity contribution in [2.45, 2.75) is 12.8 Å². The lowest BCUT2D eigenvalue weighted by Gasteiger charge is -2.31. The Hall–Kier alpha value is -2.33. The minimum Gasteiger partial charge on any atom is -0.339 e. The van der Waals surface area contributed by atoms with Crippen molar-refractivity contribution in [3.8, 4) is 0 Å². The highest BCUT2D eigenvalue weighted by Gasteiger charge is 2.27. The Morgan fingerprint density at radius 2 is 1.71 bits per heavy atom. The molecule has 1 aliphatic rings. The molecule has 2 aromatic carbocycles. The fourth-order valence-electron chi connectivity index (χ4n) is 2.92. The molecule has 0 aliphatic carbocycles. The van der Waals surface area contributed by atoms with Crippen LogP contribution in [0.2, 0.25) is 5.02 Å². The van der Waals surface area contributed by atoms with E-state index in [-0.39, 0.29) is 17.7 Å². The van der Waals surface area contributed by atoms with Gasteiger partial charge in [-0.05, 0) is 43.2 Å². The van der Waals surface area contributed by atoms with Gasteiger partial charge in [0.1, 0.15) is 0 Å². The maximum Gasteiger partial charge on any atom is 0.253 e. The molecule has 2 amide bonds. The summed E-state index contributed by atoms with van der Waals surface area (Å²) in [4.78, 5) is 26.6. The number of piperidine rings is 1. The van der Waals surface area contributed by atoms with Crippen LogP contribution in [-0.4, -0.2) is 29.8 Å². The lowest BCUT2D eigenvalue weighted by molar-refractivity contribution is -0.121. The van der Waals surface area contributed by atoms with E-state index in [0.717, 1.165) is 0 Å². The summed E-state index contributed by atoms with van der Waals surface area (Å²) in [6.07, 6.45) is 1.34. The lowest BCUT2D eigenvalue weighted by atomic mass is 9.95. The van der Waals surface area contributed by atoms with E-state index < -0.39 is 0 Å². The number of nitrogens with one attached hydrogen (secondary N) is 1. The number of hydrogen-bond donors (Lipinski definition) is 1. The van der Waals surface area contributed by atoms with Gasteiger partial charge in [0.05, 0.1) is 0 Å². The summed E-state index contributed by atoms with van der Waals surface area (Å²) in [6, 6.07) is 16.4. The number of amides is 2. The van der Waals surface area contributed by atoms with Crippen LogP contribution >= 0.6 is 11.6 Å². The van der Waals surface area contributed by atoms with E-state index in [4.69, 9.17) is 11.6 Å². The average Bonchev–Trinajstić information content (AvgIpc) is 2.62. The number of carbonyl (C=O) groups excluding carboxylic acids is 2. The van der Waals surface area contributed by atoms with E-state index in [1.807, 2.05) is 41.3 Å². The Balaban J connectivity index is 1.55. The van der Waals surface area contributed by atoms with E-state index in [1.54, 1.807) is 18.2 Å². The number of carbonyl (C=O) groups is 2. The largest absolute Gasteiger partial charge is 0.339 e. The van der Waals surface area contributed by atoms with Crippen LogP contribution in [0.15, 0.2) is 54.6 Å². The molecule has 5 heteroatoms. The molecule has 2 aromatic rings. The van der Waals surface area contributed by atoms with Gasteiger partial charge >= 0.3 is 0 Å². The second-order valence-corrected chi connectivity index (χ2v) is 6.37. The maximum atomic E-state index is 12.4. The Bertz CT molecular complexity index is 725. The molecule has 1 aliphatic heterocycles. The topological polar surface area (TPSA) is 49.4 Å². The lowest BCUT2D eigenvalue weighted by Crippen LogP contribution is -2.41. The summed E-state index contributed by atoms with van der Waals surface area (Å²) < 4.78 is 0. The third-order valence-electron chi connectivity index (χ3n) is 4.27. The van der Waals surface area contributed by atoms with Crippen molar-refractivity contribution in [3.05, 3.63) is 65.2 Å². The Morgan fingerprint density at radius 1 is 1.00 bits per heavy atom. The summed E-state index contributed by atoms with van der Waals surface area (Å²) in [5.74, 6) is -0.0582. The third kappa shape index (κ3) is 3.95. The molecule has 1 saturated heterocycles. The molecule has 24 heavy (non-hydrogen) atoms. The van der Waals surface area contributed by atoms with Gasteiger partial charge in [0, 0.05) is 35.3 Å². The van der Waals surface area contributed by atoms with Crippen LogP contribution in [-0.2, 0) is 4.79 Å². The molecule has 0 unspecified atom stereocenters. The highest BCUT2D eigenvalue weighted by Crippen LogP contribution is 2.22. The third-order valence-corrected chi connectivity index (χ3v) is 4.50. The monoisotopic (exact) mass is 342 g/mol. The van der Waals surface area contributed by atoms with Crippen molar-refractivity contribution in [3.63, 3.8) is 0 Å². The minimum absolute atomic E-state index is 0.0101. The highest BCUT2D eigenvalue weighted by atomic mass is 35.5. The SMILES string of the molecule is O=C(Nc1cccc(Cl)c1)C1CCN(C(=O)c2ccccc2)CC1. The summed E-state index contributed by atoms with van der Waals surface area (Å²) >= 11 is 5.93. The molecule has 0 atom stereocenters. The van der Waals surface area contributed by atoms with Crippen molar-refractivity contribution in [2.24, 2.45) is 5.92 Å². The molecule has 0 aromatic heterocycles. The molecule has 4 nitrogen and oxygen atoms in total. The number of hydrogen-bond acceptors (Lipinski definition) is 2. The average molecular weight is 343 g/mol. The number of likely N-dealkylation sites (tertiary alicyclic amines) is 1. The first kappa shape index (κ1) is 16.5. The zero-order valence-corrected chi connectivity index (χ0v) is 14.0.